The Morgan fingerprint density at radius 3 is 0.375 bits per heavy atom. The fourth-order valence-corrected chi connectivity index (χ4v) is 1.12. The molecule has 0 aromatic heterocycles. The van der Waals surface area contributed by atoms with E-state index in [-0.39, 0.29) is 0 Å². The Kier molecular flexibility index (Phi) is 10.3. The molecule has 0 aliphatic rings. The third-order valence-corrected chi connectivity index (χ3v) is 6.00. The van der Waals surface area contributed by atoms with Crippen molar-refractivity contribution in [2.75, 3.05) is 0 Å². The fourth-order valence-electron chi connectivity index (χ4n) is 1.12. The van der Waals surface area contributed by atoms with Crippen LogP contribution in [0.1, 0.15) is 125 Å². The second-order valence-corrected chi connectivity index (χ2v) is 13.6. The molecule has 0 saturated heterocycles. The third kappa shape index (κ3) is 13.3. The molecule has 150 valence electrons. The van der Waals surface area contributed by atoms with E-state index in [0.29, 0.717) is 32.5 Å². The van der Waals surface area contributed by atoms with Crippen molar-refractivity contribution in [3.8, 4) is 0 Å². The lowest BCUT2D eigenvalue weighted by molar-refractivity contribution is 0.00575. The van der Waals surface area contributed by atoms with Crippen molar-refractivity contribution in [2.45, 2.75) is 125 Å². The van der Waals surface area contributed by atoms with Crippen molar-refractivity contribution in [1.29, 1.82) is 0 Å². The average molecular weight is 343 g/mol. The van der Waals surface area contributed by atoms with Gasteiger partial charge in [0.25, 0.3) is 0 Å². The second kappa shape index (κ2) is 8.59. The molecule has 0 unspecified atom stereocenters. The molecule has 0 nitrogen and oxygen atoms in total. The topological polar surface area (TPSA) is 0 Å². The van der Waals surface area contributed by atoms with Gasteiger partial charge in [-0.25, -0.2) is 0 Å². The first-order chi connectivity index (χ1) is 9.75. The highest BCUT2D eigenvalue weighted by molar-refractivity contribution is 4.91. The van der Waals surface area contributed by atoms with Crippen LogP contribution in [-0.4, -0.2) is 0 Å². The van der Waals surface area contributed by atoms with Crippen molar-refractivity contribution >= 4 is 0 Å². The first kappa shape index (κ1) is 28.8. The van der Waals surface area contributed by atoms with E-state index in [4.69, 9.17) is 0 Å². The summed E-state index contributed by atoms with van der Waals surface area (Å²) in [5.41, 5.74) is 2.51. The summed E-state index contributed by atoms with van der Waals surface area (Å²) in [6.45, 7) is 41.0. The molecular formula is C24H54. The van der Waals surface area contributed by atoms with Crippen molar-refractivity contribution < 1.29 is 0 Å². The summed E-state index contributed by atoms with van der Waals surface area (Å²) < 4.78 is 0. The maximum Gasteiger partial charge on any atom is -0.0257 e. The number of rotatable bonds is 0. The molecule has 0 N–H and O–H groups in total. The molecule has 0 aromatic rings. The maximum atomic E-state index is 2.35. The van der Waals surface area contributed by atoms with Crippen LogP contribution in [0.2, 0.25) is 0 Å². The molecule has 0 bridgehead atoms. The molecule has 0 rings (SSSR count). The molecule has 0 aliphatic carbocycles. The average Bonchev–Trinajstić information content (AvgIpc) is 2.07. The van der Waals surface area contributed by atoms with E-state index in [1.165, 1.54) is 0 Å². The van der Waals surface area contributed by atoms with Crippen molar-refractivity contribution in [3.63, 3.8) is 0 Å². The summed E-state index contributed by atoms with van der Waals surface area (Å²) in [5.74, 6) is 0. The van der Waals surface area contributed by atoms with E-state index in [0.717, 1.165) is 0 Å². The Balaban J connectivity index is -0.000000298. The highest BCUT2D eigenvalue weighted by atomic mass is 14.5. The number of hydrogen-bond donors (Lipinski definition) is 0. The molecule has 0 radical (unpaired) electrons. The molecule has 0 heteroatoms. The Hall–Kier alpha value is 0. The third-order valence-electron chi connectivity index (χ3n) is 6.00. The zero-order chi connectivity index (χ0) is 21.0. The van der Waals surface area contributed by atoms with Crippen LogP contribution < -0.4 is 0 Å². The Morgan fingerprint density at radius 2 is 0.375 bits per heavy atom. The molecule has 0 atom stereocenters. The molecule has 0 aliphatic heterocycles. The van der Waals surface area contributed by atoms with Crippen LogP contribution in [0.5, 0.6) is 0 Å². The van der Waals surface area contributed by atoms with Crippen LogP contribution in [0, 0.1) is 32.5 Å². The minimum Gasteiger partial charge on any atom is -0.0604 e. The largest absolute Gasteiger partial charge is 0.0604 e. The monoisotopic (exact) mass is 342 g/mol. The van der Waals surface area contributed by atoms with Gasteiger partial charge in [-0.05, 0) is 32.5 Å². The molecule has 0 aromatic carbocycles. The highest BCUT2D eigenvalue weighted by Crippen LogP contribution is 2.50. The van der Waals surface area contributed by atoms with Crippen LogP contribution in [0.4, 0.5) is 0 Å². The highest BCUT2D eigenvalue weighted by Gasteiger charge is 2.42. The van der Waals surface area contributed by atoms with Crippen molar-refractivity contribution in [1.82, 2.24) is 0 Å². The summed E-state index contributed by atoms with van der Waals surface area (Å²) in [4.78, 5) is 0. The Morgan fingerprint density at radius 1 is 0.250 bits per heavy atom. The van der Waals surface area contributed by atoms with E-state index in [2.05, 4.69) is 125 Å². The molecule has 0 heterocycles. The van der Waals surface area contributed by atoms with Crippen LogP contribution >= 0.6 is 0 Å². The SMILES string of the molecule is CC(C)(C)C.CC(C)(C)C(C)(C)C.CC(C)(C)C(C)(C)C(C)(C)C. The second-order valence-electron chi connectivity index (χ2n) is 13.6. The van der Waals surface area contributed by atoms with Gasteiger partial charge in [-0.1, -0.05) is 125 Å². The first-order valence-electron chi connectivity index (χ1n) is 9.75. The van der Waals surface area contributed by atoms with Crippen molar-refractivity contribution in [2.24, 2.45) is 32.5 Å². The molecule has 0 fully saturated rings. The van der Waals surface area contributed by atoms with Gasteiger partial charge in [0.2, 0.25) is 0 Å². The summed E-state index contributed by atoms with van der Waals surface area (Å²) in [6.07, 6.45) is 0. The minimum absolute atomic E-state index is 0.375. The van der Waals surface area contributed by atoms with Gasteiger partial charge < -0.3 is 0 Å². The van der Waals surface area contributed by atoms with E-state index < -0.39 is 0 Å². The lowest BCUT2D eigenvalue weighted by Gasteiger charge is -2.49. The van der Waals surface area contributed by atoms with Gasteiger partial charge in [-0.15, -0.1) is 0 Å². The van der Waals surface area contributed by atoms with Gasteiger partial charge in [0, 0.05) is 0 Å². The number of hydrogen-bond acceptors (Lipinski definition) is 0. The normalized spacial score (nSPS) is 14.2. The lowest BCUT2D eigenvalue weighted by atomic mass is 9.56. The first-order valence-corrected chi connectivity index (χ1v) is 9.75. The van der Waals surface area contributed by atoms with Crippen LogP contribution in [0.3, 0.4) is 0 Å². The maximum absolute atomic E-state index is 2.35. The molecule has 0 saturated carbocycles. The predicted octanol–water partition coefficient (Wildman–Crippen LogP) is 9.24. The van der Waals surface area contributed by atoms with Gasteiger partial charge >= 0.3 is 0 Å². The van der Waals surface area contributed by atoms with Crippen LogP contribution in [-0.2, 0) is 0 Å². The zero-order valence-electron chi connectivity index (χ0n) is 21.0. The summed E-state index contributed by atoms with van der Waals surface area (Å²) >= 11 is 0. The zero-order valence-corrected chi connectivity index (χ0v) is 21.0. The van der Waals surface area contributed by atoms with Gasteiger partial charge in [0.15, 0.2) is 0 Å². The summed E-state index contributed by atoms with van der Waals surface area (Å²) in [5, 5.41) is 0. The van der Waals surface area contributed by atoms with E-state index in [1.807, 2.05) is 0 Å². The van der Waals surface area contributed by atoms with Crippen LogP contribution in [0.15, 0.2) is 0 Å². The minimum atomic E-state index is 0.375. The molecule has 24 heavy (non-hydrogen) atoms. The standard InChI is InChI=1S/C11H24.C8H18.C5H12/c1-9(2,3)11(7,8)10(4,5)6;1-7(2,3)8(4,5)6;1-5(2,3)4/h1-8H3;1-6H3;1-4H3. The van der Waals surface area contributed by atoms with Crippen LogP contribution in [0.25, 0.3) is 0 Å². The molecular weight excluding hydrogens is 288 g/mol. The fraction of sp³-hybridized carbons (Fsp3) is 1.00. The summed E-state index contributed by atoms with van der Waals surface area (Å²) in [7, 11) is 0. The summed E-state index contributed by atoms with van der Waals surface area (Å²) in [6, 6.07) is 0. The Bertz CT molecular complexity index is 287. The van der Waals surface area contributed by atoms with E-state index in [1.54, 1.807) is 0 Å². The lowest BCUT2D eigenvalue weighted by Crippen LogP contribution is -2.41. The quantitative estimate of drug-likeness (QED) is 0.411. The predicted molar refractivity (Wildman–Crippen MR) is 117 cm³/mol. The molecule has 0 amide bonds. The van der Waals surface area contributed by atoms with Gasteiger partial charge in [-0.2, -0.15) is 0 Å². The van der Waals surface area contributed by atoms with E-state index in [9.17, 15) is 0 Å². The van der Waals surface area contributed by atoms with Gasteiger partial charge in [-0.3, -0.25) is 0 Å². The van der Waals surface area contributed by atoms with Gasteiger partial charge in [0.05, 0.1) is 0 Å². The smallest absolute Gasteiger partial charge is 0.0257 e. The Labute approximate surface area is 157 Å². The van der Waals surface area contributed by atoms with Crippen molar-refractivity contribution in [3.05, 3.63) is 0 Å². The molecule has 0 spiro atoms. The van der Waals surface area contributed by atoms with E-state index >= 15 is 0 Å². The van der Waals surface area contributed by atoms with Gasteiger partial charge in [0.1, 0.15) is 0 Å².